The first kappa shape index (κ1) is 14.6. The van der Waals surface area contributed by atoms with Crippen LogP contribution in [0, 0.1) is 26.6 Å². The molecule has 3 rings (SSSR count). The molecule has 0 radical (unpaired) electrons. The second kappa shape index (κ2) is 5.49. The molecule has 1 N–H and O–H groups in total. The minimum atomic E-state index is -0.384. The molecular weight excluding hydrogens is 303 g/mol. The van der Waals surface area contributed by atoms with Crippen molar-refractivity contribution in [2.45, 2.75) is 27.3 Å². The Kier molecular flexibility index (Phi) is 3.66. The summed E-state index contributed by atoms with van der Waals surface area (Å²) < 4.78 is 15.3. The number of carbonyl (C=O) groups is 1. The molecule has 0 aliphatic carbocycles. The fraction of sp³-hybridized carbons (Fsp3) is 0.267. The lowest BCUT2D eigenvalue weighted by Crippen LogP contribution is -2.24. The lowest BCUT2D eigenvalue weighted by Gasteiger charge is -2.06. The van der Waals surface area contributed by atoms with Gasteiger partial charge in [-0.25, -0.2) is 13.9 Å². The number of nitrogens with one attached hydrogen (secondary N) is 1. The predicted molar refractivity (Wildman–Crippen MR) is 82.6 cm³/mol. The summed E-state index contributed by atoms with van der Waals surface area (Å²) in [5.41, 5.74) is 2.48. The summed E-state index contributed by atoms with van der Waals surface area (Å²) in [4.78, 5) is 17.4. The normalized spacial score (nSPS) is 11.1. The van der Waals surface area contributed by atoms with Crippen molar-refractivity contribution in [3.63, 3.8) is 0 Å². The molecule has 2 heterocycles. The molecule has 22 heavy (non-hydrogen) atoms. The van der Waals surface area contributed by atoms with Gasteiger partial charge in [0.2, 0.25) is 4.96 Å². The summed E-state index contributed by atoms with van der Waals surface area (Å²) in [7, 11) is 0. The zero-order valence-corrected chi connectivity index (χ0v) is 13.3. The molecule has 0 unspecified atom stereocenters. The first-order chi connectivity index (χ1) is 10.5. The third kappa shape index (κ3) is 2.59. The monoisotopic (exact) mass is 318 g/mol. The van der Waals surface area contributed by atoms with Gasteiger partial charge in [0.25, 0.3) is 5.91 Å². The average Bonchev–Trinajstić information content (AvgIpc) is 2.94. The molecule has 0 fully saturated rings. The van der Waals surface area contributed by atoms with Crippen molar-refractivity contribution >= 4 is 22.2 Å². The number of benzene rings is 1. The molecule has 0 bridgehead atoms. The SMILES string of the molecule is Cc1nn2c(CNC(=O)c3ccc(C)c(F)c3)c(C)nc2s1. The zero-order chi connectivity index (χ0) is 15.9. The van der Waals surface area contributed by atoms with Crippen LogP contribution in [0.25, 0.3) is 4.96 Å². The summed E-state index contributed by atoms with van der Waals surface area (Å²) in [5, 5.41) is 8.07. The number of amides is 1. The highest BCUT2D eigenvalue weighted by Gasteiger charge is 2.14. The molecule has 7 heteroatoms. The van der Waals surface area contributed by atoms with Gasteiger partial charge in [0.05, 0.1) is 17.9 Å². The summed E-state index contributed by atoms with van der Waals surface area (Å²) in [6, 6.07) is 4.45. The topological polar surface area (TPSA) is 59.3 Å². The molecule has 1 aromatic carbocycles. The Morgan fingerprint density at radius 3 is 2.86 bits per heavy atom. The van der Waals surface area contributed by atoms with E-state index >= 15 is 0 Å². The van der Waals surface area contributed by atoms with Crippen LogP contribution in [0.2, 0.25) is 0 Å². The van der Waals surface area contributed by atoms with Crippen molar-refractivity contribution in [3.05, 3.63) is 51.5 Å². The molecule has 5 nitrogen and oxygen atoms in total. The van der Waals surface area contributed by atoms with Crippen LogP contribution in [0.15, 0.2) is 18.2 Å². The maximum atomic E-state index is 13.5. The molecule has 0 saturated carbocycles. The summed E-state index contributed by atoms with van der Waals surface area (Å²) in [6.45, 7) is 5.74. The molecule has 3 aromatic rings. The van der Waals surface area contributed by atoms with Gasteiger partial charge in [-0.15, -0.1) is 0 Å². The molecule has 1 amide bonds. The number of halogens is 1. The van der Waals surface area contributed by atoms with Gasteiger partial charge in [0, 0.05) is 5.56 Å². The van der Waals surface area contributed by atoms with E-state index in [2.05, 4.69) is 15.4 Å². The van der Waals surface area contributed by atoms with Gasteiger partial charge >= 0.3 is 0 Å². The number of fused-ring (bicyclic) bond motifs is 1. The van der Waals surface area contributed by atoms with Gasteiger partial charge < -0.3 is 5.32 Å². The highest BCUT2D eigenvalue weighted by atomic mass is 32.1. The minimum Gasteiger partial charge on any atom is -0.346 e. The van der Waals surface area contributed by atoms with E-state index in [0.29, 0.717) is 17.7 Å². The van der Waals surface area contributed by atoms with Crippen LogP contribution < -0.4 is 5.32 Å². The van der Waals surface area contributed by atoms with Crippen molar-refractivity contribution in [1.82, 2.24) is 19.9 Å². The molecule has 0 saturated heterocycles. The number of nitrogens with zero attached hydrogens (tertiary/aromatic N) is 3. The van der Waals surface area contributed by atoms with Crippen molar-refractivity contribution in [1.29, 1.82) is 0 Å². The predicted octanol–water partition coefficient (Wildman–Crippen LogP) is 2.79. The Bertz CT molecular complexity index is 868. The fourth-order valence-electron chi connectivity index (χ4n) is 2.19. The summed E-state index contributed by atoms with van der Waals surface area (Å²) in [5.74, 6) is -0.703. The van der Waals surface area contributed by atoms with Crippen LogP contribution in [-0.2, 0) is 6.54 Å². The van der Waals surface area contributed by atoms with Crippen LogP contribution in [0.1, 0.15) is 32.3 Å². The summed E-state index contributed by atoms with van der Waals surface area (Å²) >= 11 is 1.50. The van der Waals surface area contributed by atoms with Crippen LogP contribution in [-0.4, -0.2) is 20.5 Å². The Morgan fingerprint density at radius 2 is 2.14 bits per heavy atom. The van der Waals surface area contributed by atoms with E-state index in [1.54, 1.807) is 23.6 Å². The number of hydrogen-bond acceptors (Lipinski definition) is 4. The van der Waals surface area contributed by atoms with E-state index in [1.807, 2.05) is 13.8 Å². The molecular formula is C15H15FN4OS. The highest BCUT2D eigenvalue weighted by molar-refractivity contribution is 7.16. The summed E-state index contributed by atoms with van der Waals surface area (Å²) in [6.07, 6.45) is 0. The lowest BCUT2D eigenvalue weighted by atomic mass is 10.1. The number of aromatic nitrogens is 3. The maximum absolute atomic E-state index is 13.5. The number of carbonyl (C=O) groups excluding carboxylic acids is 1. The second-order valence-electron chi connectivity index (χ2n) is 5.11. The Morgan fingerprint density at radius 1 is 1.36 bits per heavy atom. The average molecular weight is 318 g/mol. The second-order valence-corrected chi connectivity index (χ2v) is 6.27. The molecule has 0 aliphatic heterocycles. The fourth-order valence-corrected chi connectivity index (χ4v) is 3.00. The van der Waals surface area contributed by atoms with E-state index < -0.39 is 0 Å². The quantitative estimate of drug-likeness (QED) is 0.808. The number of hydrogen-bond donors (Lipinski definition) is 1. The number of aryl methyl sites for hydroxylation is 3. The van der Waals surface area contributed by atoms with Crippen molar-refractivity contribution in [2.24, 2.45) is 0 Å². The number of rotatable bonds is 3. The first-order valence-electron chi connectivity index (χ1n) is 6.81. The van der Waals surface area contributed by atoms with Gasteiger partial charge in [-0.05, 0) is 38.5 Å². The largest absolute Gasteiger partial charge is 0.346 e. The van der Waals surface area contributed by atoms with Gasteiger partial charge in [0.15, 0.2) is 0 Å². The van der Waals surface area contributed by atoms with Crippen LogP contribution >= 0.6 is 11.3 Å². The Balaban J connectivity index is 1.79. The van der Waals surface area contributed by atoms with Crippen LogP contribution in [0.3, 0.4) is 0 Å². The smallest absolute Gasteiger partial charge is 0.251 e. The Labute approximate surface area is 130 Å². The van der Waals surface area contributed by atoms with E-state index in [-0.39, 0.29) is 11.7 Å². The highest BCUT2D eigenvalue weighted by Crippen LogP contribution is 2.18. The van der Waals surface area contributed by atoms with Crippen molar-refractivity contribution in [3.8, 4) is 0 Å². The standard InChI is InChI=1S/C15H15FN4OS/c1-8-4-5-11(6-12(8)16)14(21)17-7-13-9(2)18-15-20(13)19-10(3)22-15/h4-6H,7H2,1-3H3,(H,17,21). The van der Waals surface area contributed by atoms with Crippen LogP contribution in [0.5, 0.6) is 0 Å². The molecule has 0 aliphatic rings. The minimum absolute atomic E-state index is 0.296. The van der Waals surface area contributed by atoms with E-state index in [9.17, 15) is 9.18 Å². The van der Waals surface area contributed by atoms with E-state index in [1.165, 1.54) is 17.4 Å². The van der Waals surface area contributed by atoms with Gasteiger partial charge in [-0.1, -0.05) is 17.4 Å². The molecule has 0 atom stereocenters. The lowest BCUT2D eigenvalue weighted by molar-refractivity contribution is 0.0949. The van der Waals surface area contributed by atoms with E-state index in [4.69, 9.17) is 0 Å². The maximum Gasteiger partial charge on any atom is 0.251 e. The van der Waals surface area contributed by atoms with E-state index in [0.717, 1.165) is 21.4 Å². The zero-order valence-electron chi connectivity index (χ0n) is 12.5. The molecule has 114 valence electrons. The Hall–Kier alpha value is -2.28. The van der Waals surface area contributed by atoms with Crippen LogP contribution in [0.4, 0.5) is 4.39 Å². The van der Waals surface area contributed by atoms with Crippen molar-refractivity contribution in [2.75, 3.05) is 0 Å². The molecule has 2 aromatic heterocycles. The first-order valence-corrected chi connectivity index (χ1v) is 7.63. The third-order valence-corrected chi connectivity index (χ3v) is 4.27. The van der Waals surface area contributed by atoms with Gasteiger partial charge in [-0.3, -0.25) is 4.79 Å². The third-order valence-electron chi connectivity index (χ3n) is 3.45. The van der Waals surface area contributed by atoms with Gasteiger partial charge in [0.1, 0.15) is 10.8 Å². The number of imidazole rings is 1. The van der Waals surface area contributed by atoms with Crippen molar-refractivity contribution < 1.29 is 9.18 Å². The van der Waals surface area contributed by atoms with Gasteiger partial charge in [-0.2, -0.15) is 5.10 Å². The molecule has 0 spiro atoms.